The molecule has 0 aliphatic heterocycles. The van der Waals surface area contributed by atoms with Crippen LogP contribution in [-0.4, -0.2) is 3.23 Å². The molecular formula is C10H10Br2. The van der Waals surface area contributed by atoms with E-state index in [1.807, 2.05) is 0 Å². The van der Waals surface area contributed by atoms with Crippen molar-refractivity contribution in [1.82, 2.24) is 0 Å². The van der Waals surface area contributed by atoms with Crippen LogP contribution in [0, 0.1) is 0 Å². The number of rotatable bonds is 1. The Labute approximate surface area is 89.6 Å². The Bertz CT molecular complexity index is 292. The van der Waals surface area contributed by atoms with E-state index in [-0.39, 0.29) is 8.65 Å². The van der Waals surface area contributed by atoms with Gasteiger partial charge in [0.2, 0.25) is 0 Å². The fourth-order valence-electron chi connectivity index (χ4n) is 1.52. The first kappa shape index (κ1) is 8.76. The lowest BCUT2D eigenvalue weighted by Gasteiger charge is -2.11. The summed E-state index contributed by atoms with van der Waals surface area (Å²) in [6, 6.07) is 10.6. The Kier molecular flexibility index (Phi) is 1.89. The highest BCUT2D eigenvalue weighted by molar-refractivity contribution is 9.25. The van der Waals surface area contributed by atoms with Gasteiger partial charge in [-0.3, -0.25) is 0 Å². The van der Waals surface area contributed by atoms with E-state index >= 15 is 0 Å². The number of halogens is 2. The Balaban J connectivity index is 2.35. The van der Waals surface area contributed by atoms with Crippen molar-refractivity contribution in [1.29, 1.82) is 0 Å². The Hall–Kier alpha value is 0.180. The van der Waals surface area contributed by atoms with Crippen molar-refractivity contribution >= 4 is 31.9 Å². The van der Waals surface area contributed by atoms with Crippen molar-refractivity contribution in [2.24, 2.45) is 0 Å². The van der Waals surface area contributed by atoms with Gasteiger partial charge in [0.05, 0.1) is 3.23 Å². The normalized spacial score (nSPS) is 31.6. The zero-order valence-corrected chi connectivity index (χ0v) is 10.0. The zero-order valence-electron chi connectivity index (χ0n) is 6.85. The first-order chi connectivity index (χ1) is 5.56. The van der Waals surface area contributed by atoms with E-state index < -0.39 is 0 Å². The molecule has 0 heterocycles. The third kappa shape index (κ3) is 1.16. The van der Waals surface area contributed by atoms with Crippen LogP contribution >= 0.6 is 31.9 Å². The smallest absolute Gasteiger partial charge is 0.0717 e. The lowest BCUT2D eigenvalue weighted by Crippen LogP contribution is -2.08. The standard InChI is InChI=1S/C10H10Br2/c1-9(7-10(9,11)12)8-5-3-2-4-6-8/h2-6H,7H2,1H3/t9-/m0/s1. The van der Waals surface area contributed by atoms with Crippen LogP contribution in [0.1, 0.15) is 18.9 Å². The molecule has 1 aliphatic rings. The van der Waals surface area contributed by atoms with Crippen molar-refractivity contribution in [2.75, 3.05) is 0 Å². The molecule has 12 heavy (non-hydrogen) atoms. The van der Waals surface area contributed by atoms with Gasteiger partial charge < -0.3 is 0 Å². The van der Waals surface area contributed by atoms with Gasteiger partial charge in [0.15, 0.2) is 0 Å². The van der Waals surface area contributed by atoms with Gasteiger partial charge in [0, 0.05) is 5.41 Å². The molecule has 1 saturated carbocycles. The summed E-state index contributed by atoms with van der Waals surface area (Å²) in [5.74, 6) is 0. The molecule has 2 heteroatoms. The van der Waals surface area contributed by atoms with E-state index in [9.17, 15) is 0 Å². The van der Waals surface area contributed by atoms with Gasteiger partial charge in [-0.05, 0) is 12.0 Å². The van der Waals surface area contributed by atoms with Crippen molar-refractivity contribution < 1.29 is 0 Å². The molecule has 1 aromatic rings. The Morgan fingerprint density at radius 1 is 1.17 bits per heavy atom. The molecule has 0 amide bonds. The molecule has 2 rings (SSSR count). The van der Waals surface area contributed by atoms with Crippen molar-refractivity contribution in [3.63, 3.8) is 0 Å². The molecule has 0 N–H and O–H groups in total. The molecule has 0 saturated heterocycles. The summed E-state index contributed by atoms with van der Waals surface area (Å²) in [5, 5.41) is 0. The highest BCUT2D eigenvalue weighted by atomic mass is 79.9. The molecule has 1 fully saturated rings. The van der Waals surface area contributed by atoms with Crippen LogP contribution in [0.2, 0.25) is 0 Å². The predicted molar refractivity (Wildman–Crippen MR) is 59.0 cm³/mol. The molecule has 64 valence electrons. The van der Waals surface area contributed by atoms with Crippen LogP contribution in [0.25, 0.3) is 0 Å². The molecule has 0 nitrogen and oxygen atoms in total. The summed E-state index contributed by atoms with van der Waals surface area (Å²) in [7, 11) is 0. The molecule has 1 aromatic carbocycles. The summed E-state index contributed by atoms with van der Waals surface area (Å²) < 4.78 is 0.133. The molecule has 0 spiro atoms. The minimum Gasteiger partial charge on any atom is -0.0717 e. The molecule has 0 aromatic heterocycles. The third-order valence-corrected chi connectivity index (χ3v) is 4.98. The third-order valence-electron chi connectivity index (χ3n) is 2.67. The predicted octanol–water partition coefficient (Wildman–Crippen LogP) is 3.83. The van der Waals surface area contributed by atoms with Crippen LogP contribution in [-0.2, 0) is 5.41 Å². The van der Waals surface area contributed by atoms with E-state index in [1.54, 1.807) is 0 Å². The van der Waals surface area contributed by atoms with Gasteiger partial charge in [-0.15, -0.1) is 0 Å². The maximum atomic E-state index is 3.66. The lowest BCUT2D eigenvalue weighted by atomic mass is 9.99. The van der Waals surface area contributed by atoms with E-state index in [0.717, 1.165) is 6.42 Å². The average molecular weight is 290 g/mol. The fourth-order valence-corrected chi connectivity index (χ4v) is 3.10. The highest BCUT2D eigenvalue weighted by Gasteiger charge is 2.62. The van der Waals surface area contributed by atoms with Crippen LogP contribution in [0.15, 0.2) is 30.3 Å². The summed E-state index contributed by atoms with van der Waals surface area (Å²) in [6.07, 6.45) is 1.16. The zero-order chi connectivity index (χ0) is 8.82. The maximum Gasteiger partial charge on any atom is 0.0908 e. The highest BCUT2D eigenvalue weighted by Crippen LogP contribution is 2.66. The average Bonchev–Trinajstić information content (AvgIpc) is 2.55. The van der Waals surface area contributed by atoms with E-state index in [4.69, 9.17) is 0 Å². The summed E-state index contributed by atoms with van der Waals surface area (Å²) >= 11 is 7.32. The van der Waals surface area contributed by atoms with Gasteiger partial charge in [0.25, 0.3) is 0 Å². The van der Waals surface area contributed by atoms with Crippen LogP contribution in [0.3, 0.4) is 0 Å². The molecule has 0 radical (unpaired) electrons. The quantitative estimate of drug-likeness (QED) is 0.689. The van der Waals surface area contributed by atoms with Crippen LogP contribution < -0.4 is 0 Å². The topological polar surface area (TPSA) is 0 Å². The summed E-state index contributed by atoms with van der Waals surface area (Å²) in [6.45, 7) is 2.27. The van der Waals surface area contributed by atoms with Gasteiger partial charge in [-0.1, -0.05) is 69.1 Å². The second kappa shape index (κ2) is 2.58. The fraction of sp³-hybridized carbons (Fsp3) is 0.400. The monoisotopic (exact) mass is 288 g/mol. The largest absolute Gasteiger partial charge is 0.0908 e. The van der Waals surface area contributed by atoms with Gasteiger partial charge >= 0.3 is 0 Å². The summed E-state index contributed by atoms with van der Waals surface area (Å²) in [5.41, 5.74) is 1.67. The SMILES string of the molecule is C[C@@]1(c2ccccc2)CC1(Br)Br. The minimum absolute atomic E-state index is 0.133. The molecule has 1 atom stereocenters. The first-order valence-electron chi connectivity index (χ1n) is 4.00. The number of benzene rings is 1. The molecule has 1 aliphatic carbocycles. The second-order valence-corrected chi connectivity index (χ2v) is 7.35. The van der Waals surface area contributed by atoms with Crippen LogP contribution in [0.4, 0.5) is 0 Å². The molecular weight excluding hydrogens is 280 g/mol. The number of hydrogen-bond donors (Lipinski definition) is 0. The number of hydrogen-bond acceptors (Lipinski definition) is 0. The van der Waals surface area contributed by atoms with E-state index in [2.05, 4.69) is 69.1 Å². The van der Waals surface area contributed by atoms with E-state index in [0.29, 0.717) is 0 Å². The van der Waals surface area contributed by atoms with Gasteiger partial charge in [-0.2, -0.15) is 0 Å². The molecule has 0 unspecified atom stereocenters. The lowest BCUT2D eigenvalue weighted by molar-refractivity contribution is 0.787. The van der Waals surface area contributed by atoms with Crippen molar-refractivity contribution in [2.45, 2.75) is 22.0 Å². The number of alkyl halides is 2. The van der Waals surface area contributed by atoms with Crippen LogP contribution in [0.5, 0.6) is 0 Å². The van der Waals surface area contributed by atoms with E-state index in [1.165, 1.54) is 5.56 Å². The molecule has 0 bridgehead atoms. The first-order valence-corrected chi connectivity index (χ1v) is 5.58. The van der Waals surface area contributed by atoms with Gasteiger partial charge in [0.1, 0.15) is 0 Å². The van der Waals surface area contributed by atoms with Crippen molar-refractivity contribution in [3.05, 3.63) is 35.9 Å². The van der Waals surface area contributed by atoms with Crippen molar-refractivity contribution in [3.8, 4) is 0 Å². The Morgan fingerprint density at radius 2 is 1.67 bits per heavy atom. The second-order valence-electron chi connectivity index (χ2n) is 3.58. The maximum absolute atomic E-state index is 3.66. The van der Waals surface area contributed by atoms with Gasteiger partial charge in [-0.25, -0.2) is 0 Å². The summed E-state index contributed by atoms with van der Waals surface area (Å²) in [4.78, 5) is 0. The minimum atomic E-state index is 0.133. The Morgan fingerprint density at radius 3 is 2.08 bits per heavy atom.